The highest BCUT2D eigenvalue weighted by molar-refractivity contribution is 6.31. The molecule has 1 aliphatic carbocycles. The Morgan fingerprint density at radius 1 is 0.880 bits per heavy atom. The molecule has 0 heterocycles. The first-order chi connectivity index (χ1) is 11.9. The fraction of sp³-hybridized carbons (Fsp3) is 0.158. The Labute approximate surface area is 143 Å². The Balaban J connectivity index is 2.36. The average Bonchev–Trinajstić information content (AvgIpc) is 2.57. The van der Waals surface area contributed by atoms with Gasteiger partial charge < -0.3 is 9.47 Å². The van der Waals surface area contributed by atoms with Gasteiger partial charge >= 0.3 is 5.97 Å². The Kier molecular flexibility index (Phi) is 3.96. The molecule has 6 heteroatoms. The smallest absolute Gasteiger partial charge is 0.308 e. The molecule has 0 amide bonds. The van der Waals surface area contributed by atoms with Crippen molar-refractivity contribution in [2.75, 3.05) is 7.11 Å². The van der Waals surface area contributed by atoms with Crippen LogP contribution in [0.1, 0.15) is 56.0 Å². The number of ether oxygens (including phenoxy) is 2. The van der Waals surface area contributed by atoms with Gasteiger partial charge in [0.05, 0.1) is 23.8 Å². The Morgan fingerprint density at radius 2 is 1.56 bits per heavy atom. The summed E-state index contributed by atoms with van der Waals surface area (Å²) in [5.41, 5.74) is 0.364. The van der Waals surface area contributed by atoms with Gasteiger partial charge in [-0.25, -0.2) is 0 Å². The lowest BCUT2D eigenvalue weighted by atomic mass is 9.82. The van der Waals surface area contributed by atoms with E-state index in [1.807, 2.05) is 0 Å². The van der Waals surface area contributed by atoms with Crippen molar-refractivity contribution in [3.05, 3.63) is 58.1 Å². The van der Waals surface area contributed by atoms with Crippen LogP contribution in [0.5, 0.6) is 11.5 Å². The first-order valence-corrected chi connectivity index (χ1v) is 7.49. The minimum atomic E-state index is -0.693. The molecule has 3 rings (SSSR count). The van der Waals surface area contributed by atoms with Gasteiger partial charge in [-0.1, -0.05) is 12.1 Å². The summed E-state index contributed by atoms with van der Waals surface area (Å²) in [6.45, 7) is 2.45. The molecule has 0 aromatic heterocycles. The van der Waals surface area contributed by atoms with Crippen molar-refractivity contribution in [1.29, 1.82) is 0 Å². The second-order valence-corrected chi connectivity index (χ2v) is 5.56. The van der Waals surface area contributed by atoms with Crippen molar-refractivity contribution >= 4 is 23.3 Å². The zero-order valence-corrected chi connectivity index (χ0v) is 13.8. The average molecular weight is 338 g/mol. The van der Waals surface area contributed by atoms with Gasteiger partial charge in [0.2, 0.25) is 5.78 Å². The molecule has 0 aliphatic heterocycles. The number of carbonyl (C=O) groups excluding carboxylic acids is 4. The molecule has 0 unspecified atom stereocenters. The van der Waals surface area contributed by atoms with E-state index in [2.05, 4.69) is 0 Å². The number of esters is 1. The van der Waals surface area contributed by atoms with E-state index < -0.39 is 17.5 Å². The standard InChI is InChI=1S/C19H14O6/c1-9(20)11-7-8-13-16(19(11)25-10(2)21)18(23)15-12(17(13)22)5-4-6-14(15)24-3/h4-8H,1-3H3. The number of rotatable bonds is 3. The normalized spacial score (nSPS) is 12.3. The molecule has 6 nitrogen and oxygen atoms in total. The SMILES string of the molecule is COc1cccc2c1C(=O)c1c(ccc(C(C)=O)c1OC(C)=O)C2=O. The highest BCUT2D eigenvalue weighted by atomic mass is 16.5. The predicted octanol–water partition coefficient (Wildman–Crippen LogP) is 2.60. The van der Waals surface area contributed by atoms with Crippen molar-refractivity contribution in [2.24, 2.45) is 0 Å². The first-order valence-electron chi connectivity index (χ1n) is 7.49. The molecular weight excluding hydrogens is 324 g/mol. The van der Waals surface area contributed by atoms with E-state index in [1.165, 1.54) is 32.2 Å². The number of ketones is 3. The van der Waals surface area contributed by atoms with Gasteiger partial charge in [-0.15, -0.1) is 0 Å². The van der Waals surface area contributed by atoms with Crippen LogP contribution in [0, 0.1) is 0 Å². The van der Waals surface area contributed by atoms with Crippen molar-refractivity contribution in [3.63, 3.8) is 0 Å². The van der Waals surface area contributed by atoms with E-state index in [4.69, 9.17) is 9.47 Å². The molecule has 2 aromatic rings. The molecule has 0 spiro atoms. The van der Waals surface area contributed by atoms with Gasteiger partial charge in [-0.2, -0.15) is 0 Å². The number of benzene rings is 2. The fourth-order valence-corrected chi connectivity index (χ4v) is 2.92. The quantitative estimate of drug-likeness (QED) is 0.414. The van der Waals surface area contributed by atoms with E-state index in [-0.39, 0.29) is 45.1 Å². The van der Waals surface area contributed by atoms with Crippen molar-refractivity contribution < 1.29 is 28.7 Å². The second kappa shape index (κ2) is 5.98. The number of fused-ring (bicyclic) bond motifs is 2. The second-order valence-electron chi connectivity index (χ2n) is 5.56. The summed E-state index contributed by atoms with van der Waals surface area (Å²) < 4.78 is 10.3. The summed E-state index contributed by atoms with van der Waals surface area (Å²) in [7, 11) is 1.39. The van der Waals surface area contributed by atoms with Crippen LogP contribution < -0.4 is 9.47 Å². The molecule has 0 saturated carbocycles. The van der Waals surface area contributed by atoms with Crippen LogP contribution in [-0.2, 0) is 4.79 Å². The first kappa shape index (κ1) is 16.6. The van der Waals surface area contributed by atoms with E-state index in [9.17, 15) is 19.2 Å². The van der Waals surface area contributed by atoms with Crippen LogP contribution in [0.4, 0.5) is 0 Å². The van der Waals surface area contributed by atoms with Crippen LogP contribution in [-0.4, -0.2) is 30.4 Å². The van der Waals surface area contributed by atoms with Gasteiger partial charge in [-0.05, 0) is 25.1 Å². The van der Waals surface area contributed by atoms with Gasteiger partial charge in [-0.3, -0.25) is 19.2 Å². The molecule has 0 N–H and O–H groups in total. The van der Waals surface area contributed by atoms with Crippen LogP contribution in [0.25, 0.3) is 0 Å². The van der Waals surface area contributed by atoms with Crippen LogP contribution in [0.2, 0.25) is 0 Å². The van der Waals surface area contributed by atoms with Crippen LogP contribution in [0.15, 0.2) is 30.3 Å². The zero-order valence-electron chi connectivity index (χ0n) is 13.8. The molecule has 0 atom stereocenters. The number of hydrogen-bond acceptors (Lipinski definition) is 6. The third-order valence-electron chi connectivity index (χ3n) is 3.97. The zero-order chi connectivity index (χ0) is 18.3. The number of carbonyl (C=O) groups is 4. The number of Topliss-reactive ketones (excluding diaryl/α,β-unsaturated/α-hetero) is 1. The molecule has 0 bridgehead atoms. The highest BCUT2D eigenvalue weighted by Crippen LogP contribution is 2.39. The summed E-state index contributed by atoms with van der Waals surface area (Å²) >= 11 is 0. The van der Waals surface area contributed by atoms with Crippen molar-refractivity contribution in [3.8, 4) is 11.5 Å². The van der Waals surface area contributed by atoms with Crippen LogP contribution in [0.3, 0.4) is 0 Å². The predicted molar refractivity (Wildman–Crippen MR) is 87.6 cm³/mol. The highest BCUT2D eigenvalue weighted by Gasteiger charge is 2.36. The molecular formula is C19H14O6. The summed E-state index contributed by atoms with van der Waals surface area (Å²) in [6, 6.07) is 7.50. The lowest BCUT2D eigenvalue weighted by molar-refractivity contribution is -0.131. The van der Waals surface area contributed by atoms with Crippen molar-refractivity contribution in [1.82, 2.24) is 0 Å². The molecule has 0 saturated heterocycles. The monoisotopic (exact) mass is 338 g/mol. The summed E-state index contributed by atoms with van der Waals surface area (Å²) in [6.07, 6.45) is 0. The van der Waals surface area contributed by atoms with Gasteiger partial charge in [0.25, 0.3) is 0 Å². The topological polar surface area (TPSA) is 86.7 Å². The number of hydrogen-bond donors (Lipinski definition) is 0. The van der Waals surface area contributed by atoms with Gasteiger partial charge in [0.1, 0.15) is 5.75 Å². The Hall–Kier alpha value is -3.28. The minimum Gasteiger partial charge on any atom is -0.496 e. The van der Waals surface area contributed by atoms with Gasteiger partial charge in [0.15, 0.2) is 17.3 Å². The summed E-state index contributed by atoms with van der Waals surface area (Å²) in [5.74, 6) is -1.95. The molecule has 0 radical (unpaired) electrons. The molecule has 126 valence electrons. The fourth-order valence-electron chi connectivity index (χ4n) is 2.92. The molecule has 0 fully saturated rings. The number of methoxy groups -OCH3 is 1. The largest absolute Gasteiger partial charge is 0.496 e. The summed E-state index contributed by atoms with van der Waals surface area (Å²) in [5, 5.41) is 0. The van der Waals surface area contributed by atoms with Gasteiger partial charge in [0, 0.05) is 18.1 Å². The third kappa shape index (κ3) is 2.52. The maximum atomic E-state index is 13.1. The molecule has 2 aromatic carbocycles. The summed E-state index contributed by atoms with van der Waals surface area (Å²) in [4.78, 5) is 49.2. The third-order valence-corrected chi connectivity index (χ3v) is 3.97. The van der Waals surface area contributed by atoms with E-state index in [1.54, 1.807) is 12.1 Å². The maximum Gasteiger partial charge on any atom is 0.308 e. The van der Waals surface area contributed by atoms with Crippen LogP contribution >= 0.6 is 0 Å². The Bertz CT molecular complexity index is 955. The van der Waals surface area contributed by atoms with E-state index >= 15 is 0 Å². The molecule has 1 aliphatic rings. The lowest BCUT2D eigenvalue weighted by Gasteiger charge is -2.22. The van der Waals surface area contributed by atoms with E-state index in [0.717, 1.165) is 6.92 Å². The molecule has 25 heavy (non-hydrogen) atoms. The lowest BCUT2D eigenvalue weighted by Crippen LogP contribution is -2.24. The minimum absolute atomic E-state index is 0.0634. The maximum absolute atomic E-state index is 13.1. The Morgan fingerprint density at radius 3 is 2.16 bits per heavy atom. The van der Waals surface area contributed by atoms with Crippen molar-refractivity contribution in [2.45, 2.75) is 13.8 Å². The van der Waals surface area contributed by atoms with E-state index in [0.29, 0.717) is 0 Å².